The molecule has 1 atom stereocenters. The number of carboxylic acid groups (broad SMARTS) is 1. The van der Waals surface area contributed by atoms with Crippen molar-refractivity contribution < 1.29 is 39.5 Å². The molecule has 42 valence electrons. The molecule has 4 heteroatoms. The quantitative estimate of drug-likeness (QED) is 0.302. The second-order valence-corrected chi connectivity index (χ2v) is 2.10. The van der Waals surface area contributed by atoms with Gasteiger partial charge in [-0.05, 0) is 6.92 Å². The van der Waals surface area contributed by atoms with E-state index in [0.717, 1.165) is 0 Å². The van der Waals surface area contributed by atoms with Crippen molar-refractivity contribution in [2.45, 2.75) is 18.7 Å². The van der Waals surface area contributed by atoms with Crippen molar-refractivity contribution in [3.8, 4) is 0 Å². The Morgan fingerprint density at radius 1 is 1.88 bits per heavy atom. The van der Waals surface area contributed by atoms with Crippen LogP contribution in [0.4, 0.5) is 0 Å². The summed E-state index contributed by atoms with van der Waals surface area (Å²) in [4.78, 5) is 9.61. The van der Waals surface area contributed by atoms with Gasteiger partial charge in [0, 0.05) is 17.8 Å². The summed E-state index contributed by atoms with van der Waals surface area (Å²) < 4.78 is 0. The van der Waals surface area contributed by atoms with E-state index >= 15 is 0 Å². The molecule has 0 heterocycles. The largest absolute Gasteiger partial charge is 1.00 e. The molecule has 0 bridgehead atoms. The van der Waals surface area contributed by atoms with Gasteiger partial charge < -0.3 is 9.90 Å². The summed E-state index contributed by atoms with van der Waals surface area (Å²) in [5, 5.41) is 9.30. The Kier molecular flexibility index (Phi) is 8.50. The molecule has 0 N–H and O–H groups in total. The summed E-state index contributed by atoms with van der Waals surface area (Å²) in [5.74, 6) is -1.09. The van der Waals surface area contributed by atoms with Crippen molar-refractivity contribution in [2.75, 3.05) is 0 Å². The number of alkyl halides is 1. The first-order valence-electron chi connectivity index (χ1n) is 1.97. The van der Waals surface area contributed by atoms with Gasteiger partial charge in [-0.25, -0.2) is 0 Å². The van der Waals surface area contributed by atoms with Crippen LogP contribution in [0.5, 0.6) is 0 Å². The molecule has 0 aliphatic carbocycles. The van der Waals surface area contributed by atoms with Gasteiger partial charge in [-0.3, -0.25) is 0 Å². The van der Waals surface area contributed by atoms with Crippen molar-refractivity contribution in [1.29, 1.82) is 0 Å². The minimum Gasteiger partial charge on any atom is -0.550 e. The van der Waals surface area contributed by atoms with Crippen molar-refractivity contribution >= 4 is 17.6 Å². The second kappa shape index (κ2) is 5.89. The number of hydrogen-bond acceptors (Lipinski definition) is 2. The number of halogens is 1. The van der Waals surface area contributed by atoms with E-state index < -0.39 is 5.97 Å². The van der Waals surface area contributed by atoms with E-state index in [1.807, 2.05) is 0 Å². The number of carboxylic acids is 1. The number of hydrogen-bond donors (Lipinski definition) is 0. The van der Waals surface area contributed by atoms with Crippen LogP contribution >= 0.6 is 11.6 Å². The Bertz CT molecular complexity index is 74.4. The molecule has 0 saturated carbocycles. The van der Waals surface area contributed by atoms with Crippen molar-refractivity contribution in [1.82, 2.24) is 0 Å². The zero-order chi connectivity index (χ0) is 5.86. The molecule has 0 fully saturated rings. The molecule has 0 amide bonds. The van der Waals surface area contributed by atoms with Gasteiger partial charge in [-0.15, -0.1) is 11.6 Å². The average molecular weight is 145 g/mol. The summed E-state index contributed by atoms with van der Waals surface area (Å²) in [6.45, 7) is 1.61. The molecule has 0 aliphatic rings. The smallest absolute Gasteiger partial charge is 0.550 e. The Morgan fingerprint density at radius 2 is 2.25 bits per heavy atom. The fraction of sp³-hybridized carbons (Fsp3) is 0.750. The molecule has 0 aromatic rings. The van der Waals surface area contributed by atoms with Crippen LogP contribution in [0.25, 0.3) is 0 Å². The van der Waals surface area contributed by atoms with Crippen LogP contribution in [0.3, 0.4) is 0 Å². The fourth-order valence-corrected chi connectivity index (χ4v) is 0.356. The summed E-state index contributed by atoms with van der Waals surface area (Å²) in [5.41, 5.74) is 0. The van der Waals surface area contributed by atoms with Crippen LogP contribution in [-0.4, -0.2) is 11.3 Å². The van der Waals surface area contributed by atoms with Gasteiger partial charge >= 0.3 is 29.6 Å². The van der Waals surface area contributed by atoms with Gasteiger partial charge in [0.05, 0.1) is 0 Å². The molecule has 0 saturated heterocycles. The van der Waals surface area contributed by atoms with Crippen LogP contribution < -0.4 is 34.7 Å². The Labute approximate surface area is 75.5 Å². The van der Waals surface area contributed by atoms with Gasteiger partial charge in [-0.1, -0.05) is 0 Å². The molecule has 8 heavy (non-hydrogen) atoms. The molecular formula is C4H6ClNaO2. The number of carbonyl (C=O) groups is 1. The van der Waals surface area contributed by atoms with Crippen molar-refractivity contribution in [3.63, 3.8) is 0 Å². The van der Waals surface area contributed by atoms with Crippen LogP contribution in [0, 0.1) is 0 Å². The van der Waals surface area contributed by atoms with Crippen LogP contribution in [0.1, 0.15) is 13.3 Å². The van der Waals surface area contributed by atoms with Gasteiger partial charge in [0.2, 0.25) is 0 Å². The van der Waals surface area contributed by atoms with Crippen LogP contribution in [-0.2, 0) is 4.79 Å². The van der Waals surface area contributed by atoms with E-state index in [1.54, 1.807) is 6.92 Å². The first-order chi connectivity index (χ1) is 3.13. The standard InChI is InChI=1S/C4H7ClO2.Na/c1-3(5)2-4(6)7;/h3H,2H2,1H3,(H,6,7);/q;+1/p-1/t3-;/m0./s1. The predicted molar refractivity (Wildman–Crippen MR) is 24.9 cm³/mol. The van der Waals surface area contributed by atoms with E-state index in [4.69, 9.17) is 11.6 Å². The third kappa shape index (κ3) is 9.90. The molecule has 2 nitrogen and oxygen atoms in total. The van der Waals surface area contributed by atoms with Gasteiger partial charge in [0.15, 0.2) is 0 Å². The molecule has 0 spiro atoms. The van der Waals surface area contributed by atoms with E-state index in [9.17, 15) is 9.90 Å². The molecule has 0 aromatic carbocycles. The molecule has 0 aromatic heterocycles. The minimum absolute atomic E-state index is 0. The topological polar surface area (TPSA) is 40.1 Å². The van der Waals surface area contributed by atoms with E-state index in [1.165, 1.54) is 0 Å². The summed E-state index contributed by atoms with van der Waals surface area (Å²) in [6.07, 6.45) is -0.0679. The second-order valence-electron chi connectivity index (χ2n) is 1.36. The first kappa shape index (κ1) is 11.5. The monoisotopic (exact) mass is 144 g/mol. The SMILES string of the molecule is C[C@H](Cl)CC(=O)[O-].[Na+]. The third-order valence-electron chi connectivity index (χ3n) is 0.448. The maximum absolute atomic E-state index is 9.61. The molecule has 0 rings (SSSR count). The van der Waals surface area contributed by atoms with Gasteiger partial charge in [0.25, 0.3) is 0 Å². The fourth-order valence-electron chi connectivity index (χ4n) is 0.230. The average Bonchev–Trinajstić information content (AvgIpc) is 1.27. The molecular weight excluding hydrogens is 138 g/mol. The van der Waals surface area contributed by atoms with Crippen molar-refractivity contribution in [3.05, 3.63) is 0 Å². The molecule has 0 unspecified atom stereocenters. The van der Waals surface area contributed by atoms with Crippen molar-refractivity contribution in [2.24, 2.45) is 0 Å². The van der Waals surface area contributed by atoms with E-state index in [-0.39, 0.29) is 41.4 Å². The maximum atomic E-state index is 9.61. The van der Waals surface area contributed by atoms with Gasteiger partial charge in [0.1, 0.15) is 0 Å². The zero-order valence-electron chi connectivity index (χ0n) is 4.98. The maximum Gasteiger partial charge on any atom is 1.00 e. The summed E-state index contributed by atoms with van der Waals surface area (Å²) in [7, 11) is 0. The van der Waals surface area contributed by atoms with E-state index in [0.29, 0.717) is 0 Å². The van der Waals surface area contributed by atoms with Crippen LogP contribution in [0.2, 0.25) is 0 Å². The normalized spacial score (nSPS) is 11.8. The summed E-state index contributed by atoms with van der Waals surface area (Å²) >= 11 is 5.25. The van der Waals surface area contributed by atoms with Gasteiger partial charge in [-0.2, -0.15) is 0 Å². The van der Waals surface area contributed by atoms with Crippen LogP contribution in [0.15, 0.2) is 0 Å². The third-order valence-corrected chi connectivity index (χ3v) is 0.602. The molecule has 0 aliphatic heterocycles. The first-order valence-corrected chi connectivity index (χ1v) is 2.40. The number of carbonyl (C=O) groups excluding carboxylic acids is 1. The Balaban J connectivity index is 0. The van der Waals surface area contributed by atoms with E-state index in [2.05, 4.69) is 0 Å². The minimum atomic E-state index is -1.09. The molecule has 0 radical (unpaired) electrons. The number of rotatable bonds is 2. The Hall–Kier alpha value is 0.760. The Morgan fingerprint density at radius 3 is 2.25 bits per heavy atom. The predicted octanol–water partition coefficient (Wildman–Crippen LogP) is -3.24. The zero-order valence-corrected chi connectivity index (χ0v) is 7.73. The number of aliphatic carboxylic acids is 1. The summed E-state index contributed by atoms with van der Waals surface area (Å²) in [6, 6.07) is 0.